The quantitative estimate of drug-likeness (QED) is 0.660. The lowest BCUT2D eigenvalue weighted by molar-refractivity contribution is 0.0952. The van der Waals surface area contributed by atoms with Crippen LogP contribution in [0.2, 0.25) is 5.15 Å². The second-order valence-electron chi connectivity index (χ2n) is 6.66. The molecule has 1 aliphatic rings. The van der Waals surface area contributed by atoms with E-state index in [1.165, 1.54) is 19.3 Å². The fourth-order valence-electron chi connectivity index (χ4n) is 2.11. The van der Waals surface area contributed by atoms with Crippen LogP contribution < -0.4 is 5.32 Å². The number of rotatable bonds is 5. The number of carbonyl (C=O) groups excluding carboxylic acids is 1. The Balaban J connectivity index is 1.95. The maximum absolute atomic E-state index is 12.1. The highest BCUT2D eigenvalue weighted by Crippen LogP contribution is 2.33. The molecule has 0 spiro atoms. The van der Waals surface area contributed by atoms with Gasteiger partial charge in [-0.3, -0.25) is 4.79 Å². The van der Waals surface area contributed by atoms with Crippen LogP contribution in [0.5, 0.6) is 0 Å². The van der Waals surface area contributed by atoms with E-state index in [-0.39, 0.29) is 11.3 Å². The molecule has 1 aromatic rings. The number of hydrogen-bond acceptors (Lipinski definition) is 2. The minimum absolute atomic E-state index is 0.0596. The lowest BCUT2D eigenvalue weighted by Crippen LogP contribution is -2.25. The first-order valence-corrected chi connectivity index (χ1v) is 7.70. The summed E-state index contributed by atoms with van der Waals surface area (Å²) in [5.74, 6) is 0.852. The first-order chi connectivity index (χ1) is 9.36. The van der Waals surface area contributed by atoms with Crippen LogP contribution in [-0.2, 0) is 5.41 Å². The van der Waals surface area contributed by atoms with Crippen molar-refractivity contribution in [3.63, 3.8) is 0 Å². The zero-order chi connectivity index (χ0) is 14.8. The Morgan fingerprint density at radius 1 is 1.40 bits per heavy atom. The number of nitrogens with one attached hydrogen (secondary N) is 1. The molecule has 1 fully saturated rings. The van der Waals surface area contributed by atoms with Crippen molar-refractivity contribution in [3.8, 4) is 0 Å². The normalized spacial score (nSPS) is 15.2. The standard InChI is InChI=1S/C16H23ClN2O/c1-16(2,3)13-9-12(10-14(17)19-13)15(20)18-8-4-5-11-6-7-11/h9-11H,4-8H2,1-3H3,(H,18,20). The van der Waals surface area contributed by atoms with Crippen molar-refractivity contribution in [1.29, 1.82) is 0 Å². The summed E-state index contributed by atoms with van der Waals surface area (Å²) in [4.78, 5) is 16.4. The van der Waals surface area contributed by atoms with E-state index in [9.17, 15) is 4.79 Å². The fraction of sp³-hybridized carbons (Fsp3) is 0.625. The molecule has 20 heavy (non-hydrogen) atoms. The van der Waals surface area contributed by atoms with Gasteiger partial charge in [0.05, 0.1) is 0 Å². The van der Waals surface area contributed by atoms with Gasteiger partial charge in [-0.25, -0.2) is 4.98 Å². The summed E-state index contributed by atoms with van der Waals surface area (Å²) in [6.07, 6.45) is 5.01. The lowest BCUT2D eigenvalue weighted by Gasteiger charge is -2.18. The number of halogens is 1. The van der Waals surface area contributed by atoms with Crippen LogP contribution >= 0.6 is 11.6 Å². The Labute approximate surface area is 126 Å². The van der Waals surface area contributed by atoms with Gasteiger partial charge in [0, 0.05) is 23.2 Å². The molecule has 110 valence electrons. The van der Waals surface area contributed by atoms with Crippen molar-refractivity contribution in [3.05, 3.63) is 28.5 Å². The molecular formula is C16H23ClN2O. The van der Waals surface area contributed by atoms with Crippen molar-refractivity contribution < 1.29 is 4.79 Å². The van der Waals surface area contributed by atoms with E-state index < -0.39 is 0 Å². The van der Waals surface area contributed by atoms with Crippen LogP contribution in [0, 0.1) is 5.92 Å². The molecule has 0 unspecified atom stereocenters. The number of amides is 1. The maximum Gasteiger partial charge on any atom is 0.251 e. The summed E-state index contributed by atoms with van der Waals surface area (Å²) in [7, 11) is 0. The molecule has 1 aliphatic carbocycles. The van der Waals surface area contributed by atoms with E-state index in [0.717, 1.165) is 24.6 Å². The van der Waals surface area contributed by atoms with Gasteiger partial charge >= 0.3 is 0 Å². The highest BCUT2D eigenvalue weighted by Gasteiger charge is 2.21. The van der Waals surface area contributed by atoms with Crippen molar-refractivity contribution in [2.75, 3.05) is 6.54 Å². The molecule has 1 saturated carbocycles. The SMILES string of the molecule is CC(C)(C)c1cc(C(=O)NCCCC2CC2)cc(Cl)n1. The van der Waals surface area contributed by atoms with Gasteiger partial charge in [-0.05, 0) is 30.9 Å². The molecule has 1 heterocycles. The monoisotopic (exact) mass is 294 g/mol. The molecule has 3 nitrogen and oxygen atoms in total. The molecule has 2 rings (SSSR count). The van der Waals surface area contributed by atoms with Gasteiger partial charge in [0.1, 0.15) is 5.15 Å². The van der Waals surface area contributed by atoms with E-state index in [1.54, 1.807) is 6.07 Å². The Bertz CT molecular complexity index is 490. The molecule has 0 radical (unpaired) electrons. The molecule has 0 bridgehead atoms. The number of pyridine rings is 1. The molecule has 0 aromatic carbocycles. The minimum atomic E-state index is -0.119. The van der Waals surface area contributed by atoms with Crippen LogP contribution in [0.25, 0.3) is 0 Å². The second-order valence-corrected chi connectivity index (χ2v) is 7.04. The van der Waals surface area contributed by atoms with Crippen LogP contribution in [-0.4, -0.2) is 17.4 Å². The van der Waals surface area contributed by atoms with Crippen molar-refractivity contribution in [2.45, 2.75) is 51.9 Å². The van der Waals surface area contributed by atoms with Crippen LogP contribution in [0.3, 0.4) is 0 Å². The second kappa shape index (κ2) is 6.13. The molecule has 1 amide bonds. The highest BCUT2D eigenvalue weighted by atomic mass is 35.5. The molecule has 0 aliphatic heterocycles. The van der Waals surface area contributed by atoms with Crippen molar-refractivity contribution in [2.24, 2.45) is 5.92 Å². The van der Waals surface area contributed by atoms with Crippen LogP contribution in [0.1, 0.15) is 62.5 Å². The van der Waals surface area contributed by atoms with E-state index >= 15 is 0 Å². The van der Waals surface area contributed by atoms with Gasteiger partial charge in [0.25, 0.3) is 5.91 Å². The Morgan fingerprint density at radius 2 is 2.10 bits per heavy atom. The zero-order valence-corrected chi connectivity index (χ0v) is 13.3. The smallest absolute Gasteiger partial charge is 0.251 e. The van der Waals surface area contributed by atoms with Crippen molar-refractivity contribution >= 4 is 17.5 Å². The van der Waals surface area contributed by atoms with E-state index in [2.05, 4.69) is 31.1 Å². The largest absolute Gasteiger partial charge is 0.352 e. The summed E-state index contributed by atoms with van der Waals surface area (Å²) in [5, 5.41) is 3.34. The summed E-state index contributed by atoms with van der Waals surface area (Å²) in [6, 6.07) is 3.47. The van der Waals surface area contributed by atoms with Gasteiger partial charge in [0.2, 0.25) is 0 Å². The number of aromatic nitrogens is 1. The van der Waals surface area contributed by atoms with Gasteiger partial charge in [0.15, 0.2) is 0 Å². The summed E-state index contributed by atoms with van der Waals surface area (Å²) >= 11 is 6.02. The molecule has 0 saturated heterocycles. The topological polar surface area (TPSA) is 42.0 Å². The lowest BCUT2D eigenvalue weighted by atomic mass is 9.91. The third-order valence-corrected chi connectivity index (χ3v) is 3.79. The maximum atomic E-state index is 12.1. The zero-order valence-electron chi connectivity index (χ0n) is 12.5. The summed E-state index contributed by atoms with van der Waals surface area (Å²) in [5.41, 5.74) is 1.32. The molecule has 1 N–H and O–H groups in total. The predicted octanol–water partition coefficient (Wildman–Crippen LogP) is 3.95. The van der Waals surface area contributed by atoms with E-state index in [4.69, 9.17) is 11.6 Å². The molecule has 0 atom stereocenters. The summed E-state index contributed by atoms with van der Waals surface area (Å²) in [6.45, 7) is 6.91. The Kier molecular flexibility index (Phi) is 4.69. The third-order valence-electron chi connectivity index (χ3n) is 3.60. The minimum Gasteiger partial charge on any atom is -0.352 e. The fourth-order valence-corrected chi connectivity index (χ4v) is 2.32. The molecule has 1 aromatic heterocycles. The van der Waals surface area contributed by atoms with Crippen LogP contribution in [0.15, 0.2) is 12.1 Å². The average Bonchev–Trinajstić information content (AvgIpc) is 3.16. The first-order valence-electron chi connectivity index (χ1n) is 7.32. The van der Waals surface area contributed by atoms with Crippen molar-refractivity contribution in [1.82, 2.24) is 10.3 Å². The summed E-state index contributed by atoms with van der Waals surface area (Å²) < 4.78 is 0. The van der Waals surface area contributed by atoms with Gasteiger partial charge in [-0.2, -0.15) is 0 Å². The molecular weight excluding hydrogens is 272 g/mol. The highest BCUT2D eigenvalue weighted by molar-refractivity contribution is 6.29. The van der Waals surface area contributed by atoms with Crippen LogP contribution in [0.4, 0.5) is 0 Å². The van der Waals surface area contributed by atoms with E-state index in [0.29, 0.717) is 10.7 Å². The van der Waals surface area contributed by atoms with Gasteiger partial charge in [-0.15, -0.1) is 0 Å². The number of carbonyl (C=O) groups is 1. The number of nitrogens with zero attached hydrogens (tertiary/aromatic N) is 1. The average molecular weight is 295 g/mol. The third kappa shape index (κ3) is 4.48. The first kappa shape index (κ1) is 15.3. The predicted molar refractivity (Wildman–Crippen MR) is 82.2 cm³/mol. The number of hydrogen-bond donors (Lipinski definition) is 1. The van der Waals surface area contributed by atoms with E-state index in [1.807, 2.05) is 6.07 Å². The Hall–Kier alpha value is -1.09. The van der Waals surface area contributed by atoms with Gasteiger partial charge < -0.3 is 5.32 Å². The van der Waals surface area contributed by atoms with Gasteiger partial charge in [-0.1, -0.05) is 45.2 Å². The Morgan fingerprint density at radius 3 is 2.70 bits per heavy atom. The molecule has 4 heteroatoms.